The molecule has 3 aromatic heterocycles. The van der Waals surface area contributed by atoms with E-state index in [9.17, 15) is 9.59 Å². The number of aromatic amines is 1. The molecule has 2 N–H and O–H groups in total. The number of benzene rings is 1. The molecule has 0 aliphatic rings. The standard InChI is InChI=1S/C22H20ClN5O2S/c1-13(23)20(29)25-19-12-17(18-9-6-10-31-18)27-28(19)22-24-14(2)16(21(30)26-22)11-15-7-4-3-5-8-15/h3-10,12-13H,11H2,1-2H3,(H,25,29)(H,24,26,30). The van der Waals surface area contributed by atoms with Crippen LogP contribution >= 0.6 is 22.9 Å². The maximum absolute atomic E-state index is 12.9. The highest BCUT2D eigenvalue weighted by molar-refractivity contribution is 7.13. The minimum absolute atomic E-state index is 0.222. The van der Waals surface area contributed by atoms with E-state index in [4.69, 9.17) is 11.6 Å². The summed E-state index contributed by atoms with van der Waals surface area (Å²) in [5, 5.41) is 8.54. The van der Waals surface area contributed by atoms with Gasteiger partial charge in [-0.2, -0.15) is 9.78 Å². The number of aryl methyl sites for hydroxylation is 1. The number of rotatable bonds is 6. The first-order chi connectivity index (χ1) is 14.9. The Balaban J connectivity index is 1.76. The van der Waals surface area contributed by atoms with E-state index in [2.05, 4.69) is 20.4 Å². The van der Waals surface area contributed by atoms with Crippen molar-refractivity contribution < 1.29 is 4.79 Å². The van der Waals surface area contributed by atoms with Crippen LogP contribution in [0.4, 0.5) is 5.82 Å². The third kappa shape index (κ3) is 4.60. The fourth-order valence-corrected chi connectivity index (χ4v) is 3.84. The molecule has 0 spiro atoms. The summed E-state index contributed by atoms with van der Waals surface area (Å²) in [6.07, 6.45) is 0.474. The fourth-order valence-electron chi connectivity index (χ4n) is 3.11. The molecule has 0 saturated heterocycles. The minimum atomic E-state index is -0.726. The molecule has 9 heteroatoms. The quantitative estimate of drug-likeness (QED) is 0.429. The van der Waals surface area contributed by atoms with Crippen molar-refractivity contribution in [3.05, 3.63) is 81.1 Å². The van der Waals surface area contributed by atoms with Crippen LogP contribution in [0.25, 0.3) is 16.5 Å². The van der Waals surface area contributed by atoms with Crippen LogP contribution in [-0.2, 0) is 11.2 Å². The zero-order valence-electron chi connectivity index (χ0n) is 16.9. The van der Waals surface area contributed by atoms with E-state index < -0.39 is 5.38 Å². The third-order valence-electron chi connectivity index (χ3n) is 4.73. The van der Waals surface area contributed by atoms with E-state index in [1.165, 1.54) is 16.0 Å². The van der Waals surface area contributed by atoms with Crippen LogP contribution in [0.15, 0.2) is 58.7 Å². The lowest BCUT2D eigenvalue weighted by atomic mass is 10.1. The van der Waals surface area contributed by atoms with Gasteiger partial charge in [0.15, 0.2) is 0 Å². The van der Waals surface area contributed by atoms with Gasteiger partial charge < -0.3 is 5.32 Å². The van der Waals surface area contributed by atoms with Gasteiger partial charge in [-0.1, -0.05) is 36.4 Å². The minimum Gasteiger partial charge on any atom is -0.309 e. The van der Waals surface area contributed by atoms with Gasteiger partial charge in [-0.3, -0.25) is 14.6 Å². The number of thiophene rings is 1. The lowest BCUT2D eigenvalue weighted by Crippen LogP contribution is -2.24. The molecular formula is C22H20ClN5O2S. The van der Waals surface area contributed by atoms with Crippen molar-refractivity contribution in [2.75, 3.05) is 5.32 Å². The Morgan fingerprint density at radius 1 is 1.26 bits per heavy atom. The zero-order valence-corrected chi connectivity index (χ0v) is 18.5. The van der Waals surface area contributed by atoms with Crippen molar-refractivity contribution in [2.45, 2.75) is 25.6 Å². The SMILES string of the molecule is Cc1nc(-n2nc(-c3cccs3)cc2NC(=O)C(C)Cl)[nH]c(=O)c1Cc1ccccc1. The van der Waals surface area contributed by atoms with Gasteiger partial charge in [-0.25, -0.2) is 4.98 Å². The van der Waals surface area contributed by atoms with Crippen LogP contribution in [0.3, 0.4) is 0 Å². The largest absolute Gasteiger partial charge is 0.309 e. The van der Waals surface area contributed by atoms with Gasteiger partial charge in [0.05, 0.1) is 10.6 Å². The number of halogens is 1. The second kappa shape index (κ2) is 8.87. The average molecular weight is 454 g/mol. The molecule has 0 saturated carbocycles. The van der Waals surface area contributed by atoms with Crippen LogP contribution in [0.2, 0.25) is 0 Å². The number of nitrogens with zero attached hydrogens (tertiary/aromatic N) is 3. The van der Waals surface area contributed by atoms with Crippen molar-refractivity contribution in [1.82, 2.24) is 19.7 Å². The average Bonchev–Trinajstić information content (AvgIpc) is 3.41. The van der Waals surface area contributed by atoms with Crippen molar-refractivity contribution in [2.24, 2.45) is 0 Å². The van der Waals surface area contributed by atoms with Crippen molar-refractivity contribution in [3.63, 3.8) is 0 Å². The molecule has 0 radical (unpaired) electrons. The van der Waals surface area contributed by atoms with E-state index >= 15 is 0 Å². The van der Waals surface area contributed by atoms with E-state index in [0.29, 0.717) is 29.2 Å². The Labute approximate surface area is 187 Å². The van der Waals surface area contributed by atoms with Gasteiger partial charge in [0.1, 0.15) is 16.9 Å². The number of hydrogen-bond acceptors (Lipinski definition) is 5. The highest BCUT2D eigenvalue weighted by Gasteiger charge is 2.19. The summed E-state index contributed by atoms with van der Waals surface area (Å²) >= 11 is 7.44. The normalized spacial score (nSPS) is 12.0. The number of hydrogen-bond donors (Lipinski definition) is 2. The molecule has 0 fully saturated rings. The number of aromatic nitrogens is 4. The Hall–Kier alpha value is -3.23. The summed E-state index contributed by atoms with van der Waals surface area (Å²) in [4.78, 5) is 33.4. The Kier molecular flexibility index (Phi) is 6.01. The van der Waals surface area contributed by atoms with Gasteiger partial charge >= 0.3 is 0 Å². The number of nitrogens with one attached hydrogen (secondary N) is 2. The number of alkyl halides is 1. The first-order valence-corrected chi connectivity index (χ1v) is 11.0. The molecule has 1 atom stereocenters. The molecule has 7 nitrogen and oxygen atoms in total. The summed E-state index contributed by atoms with van der Waals surface area (Å²) in [6, 6.07) is 15.3. The van der Waals surface area contributed by atoms with E-state index in [0.717, 1.165) is 10.4 Å². The van der Waals surface area contributed by atoms with Crippen LogP contribution in [0.1, 0.15) is 23.7 Å². The maximum Gasteiger partial charge on any atom is 0.256 e. The molecule has 31 heavy (non-hydrogen) atoms. The predicted molar refractivity (Wildman–Crippen MR) is 123 cm³/mol. The van der Waals surface area contributed by atoms with Crippen molar-refractivity contribution in [1.29, 1.82) is 0 Å². The van der Waals surface area contributed by atoms with Crippen LogP contribution in [0, 0.1) is 6.92 Å². The number of H-pyrrole nitrogens is 1. The van der Waals surface area contributed by atoms with Crippen molar-refractivity contribution in [3.8, 4) is 16.5 Å². The second-order valence-corrected chi connectivity index (χ2v) is 8.63. The van der Waals surface area contributed by atoms with Gasteiger partial charge in [0, 0.05) is 18.1 Å². The molecule has 4 aromatic rings. The van der Waals surface area contributed by atoms with Gasteiger partial charge in [-0.05, 0) is 30.9 Å². The van der Waals surface area contributed by atoms with Crippen LogP contribution in [-0.4, -0.2) is 31.0 Å². The Bertz CT molecular complexity index is 1260. The molecule has 1 aromatic carbocycles. The van der Waals surface area contributed by atoms with Crippen molar-refractivity contribution >= 4 is 34.7 Å². The van der Waals surface area contributed by atoms with E-state index in [-0.39, 0.29) is 17.4 Å². The molecule has 1 amide bonds. The monoisotopic (exact) mass is 453 g/mol. The van der Waals surface area contributed by atoms with Crippen LogP contribution < -0.4 is 10.9 Å². The molecular weight excluding hydrogens is 434 g/mol. The molecule has 158 valence electrons. The smallest absolute Gasteiger partial charge is 0.256 e. The second-order valence-electron chi connectivity index (χ2n) is 7.03. The van der Waals surface area contributed by atoms with Gasteiger partial charge in [0.2, 0.25) is 11.9 Å². The Morgan fingerprint density at radius 3 is 2.68 bits per heavy atom. The zero-order chi connectivity index (χ0) is 22.0. The lowest BCUT2D eigenvalue weighted by molar-refractivity contribution is -0.115. The predicted octanol–water partition coefficient (Wildman–Crippen LogP) is 4.15. The summed E-state index contributed by atoms with van der Waals surface area (Å²) in [6.45, 7) is 3.38. The highest BCUT2D eigenvalue weighted by Crippen LogP contribution is 2.27. The molecule has 0 aliphatic carbocycles. The molecule has 1 unspecified atom stereocenters. The van der Waals surface area contributed by atoms with Gasteiger partial charge in [0.25, 0.3) is 5.56 Å². The first kappa shape index (κ1) is 21.0. The number of anilines is 1. The maximum atomic E-state index is 12.9. The Morgan fingerprint density at radius 2 is 2.03 bits per heavy atom. The molecule has 3 heterocycles. The fraction of sp³-hybridized carbons (Fsp3) is 0.182. The summed E-state index contributed by atoms with van der Waals surface area (Å²) in [5.74, 6) is 0.221. The molecule has 0 bridgehead atoms. The summed E-state index contributed by atoms with van der Waals surface area (Å²) in [5.41, 5.74) is 2.61. The number of carbonyl (C=O) groups is 1. The van der Waals surface area contributed by atoms with E-state index in [1.807, 2.05) is 47.8 Å². The summed E-state index contributed by atoms with van der Waals surface area (Å²) in [7, 11) is 0. The first-order valence-electron chi connectivity index (χ1n) is 9.65. The topological polar surface area (TPSA) is 92.7 Å². The third-order valence-corrected chi connectivity index (χ3v) is 5.82. The van der Waals surface area contributed by atoms with Crippen LogP contribution in [0.5, 0.6) is 0 Å². The summed E-state index contributed by atoms with van der Waals surface area (Å²) < 4.78 is 1.42. The number of amides is 1. The van der Waals surface area contributed by atoms with Gasteiger partial charge in [-0.15, -0.1) is 22.9 Å². The number of carbonyl (C=O) groups excluding carboxylic acids is 1. The molecule has 0 aliphatic heterocycles. The van der Waals surface area contributed by atoms with E-state index in [1.54, 1.807) is 19.9 Å². The molecule has 4 rings (SSSR count). The highest BCUT2D eigenvalue weighted by atomic mass is 35.5. The lowest BCUT2D eigenvalue weighted by Gasteiger charge is -2.11.